The Morgan fingerprint density at radius 2 is 1.71 bits per heavy atom. The molecule has 3 heterocycles. The Labute approximate surface area is 162 Å². The normalized spacial score (nSPS) is 21.6. The second-order valence-corrected chi connectivity index (χ2v) is 8.77. The van der Waals surface area contributed by atoms with Crippen LogP contribution < -0.4 is 5.32 Å². The molecule has 1 N–H and O–H groups in total. The molecule has 0 saturated carbocycles. The van der Waals surface area contributed by atoms with E-state index in [1.54, 1.807) is 0 Å². The number of sulfonamides is 1. The van der Waals surface area contributed by atoms with Crippen molar-refractivity contribution in [1.82, 2.24) is 19.4 Å². The number of nitrogens with zero attached hydrogens (tertiary/aromatic N) is 3. The van der Waals surface area contributed by atoms with Gasteiger partial charge < -0.3 is 15.0 Å². The van der Waals surface area contributed by atoms with Crippen molar-refractivity contribution in [2.45, 2.75) is 10.9 Å². The molecule has 3 fully saturated rings. The van der Waals surface area contributed by atoms with E-state index in [4.69, 9.17) is 4.74 Å². The number of ether oxygens (including phenoxy) is 1. The van der Waals surface area contributed by atoms with Crippen molar-refractivity contribution in [1.29, 1.82) is 0 Å². The van der Waals surface area contributed by atoms with Gasteiger partial charge in [0, 0.05) is 31.7 Å². The molecule has 0 bridgehead atoms. The lowest BCUT2D eigenvalue weighted by atomic mass is 10.1. The van der Waals surface area contributed by atoms with Gasteiger partial charge in [0.05, 0.1) is 30.7 Å². The summed E-state index contributed by atoms with van der Waals surface area (Å²) in [5, 5.41) is 2.46. The molecule has 1 aromatic rings. The van der Waals surface area contributed by atoms with Gasteiger partial charge in [0.25, 0.3) is 5.91 Å². The van der Waals surface area contributed by atoms with Crippen LogP contribution in [0.2, 0.25) is 0 Å². The van der Waals surface area contributed by atoms with Crippen molar-refractivity contribution in [2.75, 3.05) is 45.9 Å². The number of nitrogens with one attached hydrogen (secondary N) is 1. The quantitative estimate of drug-likeness (QED) is 0.645. The number of carbonyl (C=O) groups is 3. The lowest BCUT2D eigenvalue weighted by Gasteiger charge is -2.42. The van der Waals surface area contributed by atoms with Crippen molar-refractivity contribution in [3.05, 3.63) is 29.8 Å². The van der Waals surface area contributed by atoms with Gasteiger partial charge in [-0.05, 0) is 24.3 Å². The van der Waals surface area contributed by atoms with Crippen LogP contribution in [-0.4, -0.2) is 92.3 Å². The van der Waals surface area contributed by atoms with E-state index in [1.165, 1.54) is 33.5 Å². The van der Waals surface area contributed by atoms with Gasteiger partial charge in [-0.25, -0.2) is 13.2 Å². The monoisotopic (exact) mass is 408 g/mol. The van der Waals surface area contributed by atoms with Crippen LogP contribution in [0.15, 0.2) is 29.2 Å². The van der Waals surface area contributed by atoms with Crippen LogP contribution in [0, 0.1) is 0 Å². The predicted molar refractivity (Wildman–Crippen MR) is 96.0 cm³/mol. The maximum atomic E-state index is 12.6. The Balaban J connectivity index is 1.40. The molecule has 3 aliphatic rings. The molecule has 3 aliphatic heterocycles. The topological polar surface area (TPSA) is 116 Å². The van der Waals surface area contributed by atoms with Crippen molar-refractivity contribution >= 4 is 27.9 Å². The van der Waals surface area contributed by atoms with Gasteiger partial charge in [0.2, 0.25) is 15.9 Å². The number of benzene rings is 1. The van der Waals surface area contributed by atoms with Crippen LogP contribution >= 0.6 is 0 Å². The Kier molecular flexibility index (Phi) is 4.81. The van der Waals surface area contributed by atoms with E-state index < -0.39 is 16.1 Å². The Morgan fingerprint density at radius 1 is 1.07 bits per heavy atom. The fraction of sp³-hybridized carbons (Fsp3) is 0.471. The van der Waals surface area contributed by atoms with Crippen molar-refractivity contribution in [3.63, 3.8) is 0 Å². The number of carbonyl (C=O) groups excluding carboxylic acids is 3. The van der Waals surface area contributed by atoms with Crippen LogP contribution in [0.5, 0.6) is 0 Å². The average molecular weight is 408 g/mol. The lowest BCUT2D eigenvalue weighted by Crippen LogP contribution is -2.62. The maximum absolute atomic E-state index is 12.6. The number of morpholine rings is 1. The summed E-state index contributed by atoms with van der Waals surface area (Å²) in [6, 6.07) is 5.06. The highest BCUT2D eigenvalue weighted by molar-refractivity contribution is 7.89. The summed E-state index contributed by atoms with van der Waals surface area (Å²) in [7, 11) is -3.61. The zero-order valence-electron chi connectivity index (χ0n) is 15.0. The van der Waals surface area contributed by atoms with Crippen molar-refractivity contribution in [2.24, 2.45) is 0 Å². The molecular weight excluding hydrogens is 388 g/mol. The highest BCUT2D eigenvalue weighted by Gasteiger charge is 2.43. The van der Waals surface area contributed by atoms with E-state index in [0.29, 0.717) is 31.9 Å². The minimum Gasteiger partial charge on any atom is -0.379 e. The first-order chi connectivity index (χ1) is 13.4. The number of rotatable bonds is 4. The summed E-state index contributed by atoms with van der Waals surface area (Å²) >= 11 is 0. The molecule has 0 aromatic heterocycles. The first kappa shape index (κ1) is 18.8. The van der Waals surface area contributed by atoms with Crippen LogP contribution in [0.3, 0.4) is 0 Å². The highest BCUT2D eigenvalue weighted by Crippen LogP contribution is 2.22. The Hall–Kier alpha value is -2.50. The predicted octanol–water partition coefficient (Wildman–Crippen LogP) is -0.916. The zero-order chi connectivity index (χ0) is 19.9. The van der Waals surface area contributed by atoms with Gasteiger partial charge in [-0.3, -0.25) is 14.5 Å². The van der Waals surface area contributed by atoms with Crippen LogP contribution in [0.25, 0.3) is 0 Å². The SMILES string of the molecule is O=C(c1ccc(S(=O)(=O)N2CCOCC2)cc1)N1CC(N2C(=O)CNC2=O)C1. The summed E-state index contributed by atoms with van der Waals surface area (Å²) < 4.78 is 31.8. The molecule has 0 atom stereocenters. The number of amides is 4. The average Bonchev–Trinajstić information content (AvgIpc) is 3.00. The fourth-order valence-electron chi connectivity index (χ4n) is 3.48. The summed E-state index contributed by atoms with van der Waals surface area (Å²) in [6.07, 6.45) is 0. The molecule has 0 radical (unpaired) electrons. The first-order valence-corrected chi connectivity index (χ1v) is 10.4. The van der Waals surface area contributed by atoms with Gasteiger partial charge in [0.15, 0.2) is 0 Å². The molecule has 3 saturated heterocycles. The molecule has 28 heavy (non-hydrogen) atoms. The maximum Gasteiger partial charge on any atom is 0.324 e. The third kappa shape index (κ3) is 3.25. The molecule has 150 valence electrons. The third-order valence-electron chi connectivity index (χ3n) is 5.10. The van der Waals surface area contributed by atoms with Gasteiger partial charge in [-0.2, -0.15) is 4.31 Å². The van der Waals surface area contributed by atoms with Crippen LogP contribution in [-0.2, 0) is 19.6 Å². The van der Waals surface area contributed by atoms with E-state index in [0.717, 1.165) is 4.90 Å². The van der Waals surface area contributed by atoms with E-state index in [2.05, 4.69) is 5.32 Å². The summed E-state index contributed by atoms with van der Waals surface area (Å²) in [6.45, 7) is 1.87. The zero-order valence-corrected chi connectivity index (χ0v) is 15.9. The van der Waals surface area contributed by atoms with E-state index in [-0.39, 0.29) is 42.4 Å². The minimum atomic E-state index is -3.61. The number of hydrogen-bond acceptors (Lipinski definition) is 6. The fourth-order valence-corrected chi connectivity index (χ4v) is 4.88. The van der Waals surface area contributed by atoms with Crippen LogP contribution in [0.4, 0.5) is 4.79 Å². The number of urea groups is 1. The Morgan fingerprint density at radius 3 is 2.29 bits per heavy atom. The Bertz CT molecular complexity index is 888. The van der Waals surface area contributed by atoms with Crippen molar-refractivity contribution in [3.8, 4) is 0 Å². The van der Waals surface area contributed by atoms with Gasteiger partial charge in [0.1, 0.15) is 0 Å². The van der Waals surface area contributed by atoms with E-state index in [9.17, 15) is 22.8 Å². The molecule has 4 rings (SSSR count). The second-order valence-electron chi connectivity index (χ2n) is 6.83. The van der Waals surface area contributed by atoms with Gasteiger partial charge in [-0.1, -0.05) is 0 Å². The molecular formula is C17H20N4O6S. The molecule has 1 aromatic carbocycles. The molecule has 10 nitrogen and oxygen atoms in total. The third-order valence-corrected chi connectivity index (χ3v) is 7.01. The van der Waals surface area contributed by atoms with Crippen molar-refractivity contribution < 1.29 is 27.5 Å². The lowest BCUT2D eigenvalue weighted by molar-refractivity contribution is -0.128. The molecule has 11 heteroatoms. The molecule has 0 spiro atoms. The smallest absolute Gasteiger partial charge is 0.324 e. The van der Waals surface area contributed by atoms with Gasteiger partial charge in [-0.15, -0.1) is 0 Å². The standard InChI is InChI=1S/C17H20N4O6S/c22-15-9-18-17(24)21(15)13-10-19(11-13)16(23)12-1-3-14(4-2-12)28(25,26)20-5-7-27-8-6-20/h1-4,13H,5-11H2,(H,18,24). The second kappa shape index (κ2) is 7.15. The number of imide groups is 1. The van der Waals surface area contributed by atoms with Crippen LogP contribution in [0.1, 0.15) is 10.4 Å². The summed E-state index contributed by atoms with van der Waals surface area (Å²) in [5.41, 5.74) is 0.358. The van der Waals surface area contributed by atoms with E-state index in [1.807, 2.05) is 0 Å². The first-order valence-electron chi connectivity index (χ1n) is 8.95. The van der Waals surface area contributed by atoms with Gasteiger partial charge >= 0.3 is 6.03 Å². The van der Waals surface area contributed by atoms with E-state index >= 15 is 0 Å². The summed E-state index contributed by atoms with van der Waals surface area (Å²) in [4.78, 5) is 38.7. The largest absolute Gasteiger partial charge is 0.379 e. The number of likely N-dealkylation sites (tertiary alicyclic amines) is 1. The highest BCUT2D eigenvalue weighted by atomic mass is 32.2. The minimum absolute atomic E-state index is 0.0115. The number of hydrogen-bond donors (Lipinski definition) is 1. The molecule has 0 aliphatic carbocycles. The molecule has 0 unspecified atom stereocenters. The summed E-state index contributed by atoms with van der Waals surface area (Å²) in [5.74, 6) is -0.557. The molecule has 4 amide bonds.